The van der Waals surface area contributed by atoms with Crippen LogP contribution in [0.1, 0.15) is 29.4 Å². The van der Waals surface area contributed by atoms with E-state index in [1.807, 2.05) is 0 Å². The van der Waals surface area contributed by atoms with Crippen LogP contribution < -0.4 is 0 Å². The SMILES string of the molecule is COC(=O)C12CC3c4ccccc4C1C32. The van der Waals surface area contributed by atoms with Gasteiger partial charge in [0.15, 0.2) is 0 Å². The Bertz CT molecular complexity index is 479. The number of benzene rings is 1. The molecule has 0 heterocycles. The number of rotatable bonds is 1. The van der Waals surface area contributed by atoms with Crippen LogP contribution in [-0.2, 0) is 9.53 Å². The first-order valence-corrected chi connectivity index (χ1v) is 5.48. The molecule has 3 aliphatic rings. The molecule has 0 bridgehead atoms. The van der Waals surface area contributed by atoms with Gasteiger partial charge in [0.2, 0.25) is 0 Å². The lowest BCUT2D eigenvalue weighted by atomic mass is 9.69. The maximum absolute atomic E-state index is 11.7. The lowest BCUT2D eigenvalue weighted by Gasteiger charge is -2.35. The zero-order chi connectivity index (χ0) is 10.2. The average Bonchev–Trinajstić information content (AvgIpc) is 2.67. The molecule has 0 radical (unpaired) electrons. The van der Waals surface area contributed by atoms with E-state index in [0.717, 1.165) is 6.42 Å². The monoisotopic (exact) mass is 200 g/mol. The molecule has 0 aliphatic heterocycles. The number of fused-ring (bicyclic) bond motifs is 4. The molecular weight excluding hydrogens is 188 g/mol. The zero-order valence-corrected chi connectivity index (χ0v) is 8.57. The number of ether oxygens (including phenoxy) is 1. The highest BCUT2D eigenvalue weighted by atomic mass is 16.5. The summed E-state index contributed by atoms with van der Waals surface area (Å²) >= 11 is 0. The third kappa shape index (κ3) is 0.612. The maximum atomic E-state index is 11.7. The molecule has 3 aliphatic carbocycles. The summed E-state index contributed by atoms with van der Waals surface area (Å²) in [5, 5.41) is 0. The first-order chi connectivity index (χ1) is 7.30. The molecule has 2 saturated carbocycles. The van der Waals surface area contributed by atoms with Gasteiger partial charge >= 0.3 is 5.97 Å². The van der Waals surface area contributed by atoms with Crippen LogP contribution in [0, 0.1) is 11.3 Å². The Labute approximate surface area is 88.2 Å². The van der Waals surface area contributed by atoms with Gasteiger partial charge in [-0.1, -0.05) is 24.3 Å². The molecule has 1 aromatic rings. The van der Waals surface area contributed by atoms with Gasteiger partial charge in [0.1, 0.15) is 0 Å². The van der Waals surface area contributed by atoms with Gasteiger partial charge in [-0.2, -0.15) is 0 Å². The number of carbonyl (C=O) groups excluding carboxylic acids is 1. The van der Waals surface area contributed by atoms with Crippen LogP contribution in [0.25, 0.3) is 0 Å². The van der Waals surface area contributed by atoms with E-state index < -0.39 is 0 Å². The number of hydrogen-bond donors (Lipinski definition) is 0. The van der Waals surface area contributed by atoms with Crippen molar-refractivity contribution in [3.8, 4) is 0 Å². The highest BCUT2D eigenvalue weighted by molar-refractivity contribution is 5.88. The predicted molar refractivity (Wildman–Crippen MR) is 54.5 cm³/mol. The number of esters is 1. The Hall–Kier alpha value is -1.31. The fourth-order valence-corrected chi connectivity index (χ4v) is 4.10. The van der Waals surface area contributed by atoms with Crippen LogP contribution in [0.2, 0.25) is 0 Å². The van der Waals surface area contributed by atoms with Crippen molar-refractivity contribution in [2.24, 2.45) is 11.3 Å². The van der Waals surface area contributed by atoms with E-state index in [4.69, 9.17) is 4.74 Å². The van der Waals surface area contributed by atoms with Gasteiger partial charge in [-0.05, 0) is 29.4 Å². The molecule has 4 atom stereocenters. The third-order valence-electron chi connectivity index (χ3n) is 4.69. The Morgan fingerprint density at radius 1 is 1.40 bits per heavy atom. The van der Waals surface area contributed by atoms with Gasteiger partial charge in [-0.25, -0.2) is 0 Å². The van der Waals surface area contributed by atoms with E-state index in [0.29, 0.717) is 17.8 Å². The standard InChI is InChI=1S/C13H12O2/c1-15-12(14)13-6-9-7-4-2-3-5-8(7)10(13)11(9)13/h2-5,9-11H,6H2,1H3. The summed E-state index contributed by atoms with van der Waals surface area (Å²) < 4.78 is 4.93. The van der Waals surface area contributed by atoms with Crippen molar-refractivity contribution in [1.82, 2.24) is 0 Å². The number of hydrogen-bond acceptors (Lipinski definition) is 2. The smallest absolute Gasteiger partial charge is 0.312 e. The van der Waals surface area contributed by atoms with Gasteiger partial charge in [-0.3, -0.25) is 4.79 Å². The van der Waals surface area contributed by atoms with E-state index in [-0.39, 0.29) is 11.4 Å². The Morgan fingerprint density at radius 3 is 2.87 bits per heavy atom. The zero-order valence-electron chi connectivity index (χ0n) is 8.57. The Morgan fingerprint density at radius 2 is 2.13 bits per heavy atom. The second-order valence-corrected chi connectivity index (χ2v) is 4.97. The minimum atomic E-state index is -0.103. The molecule has 4 unspecified atom stereocenters. The molecule has 0 saturated heterocycles. The van der Waals surface area contributed by atoms with Crippen LogP contribution in [0.4, 0.5) is 0 Å². The summed E-state index contributed by atoms with van der Waals surface area (Å²) in [6.45, 7) is 0. The summed E-state index contributed by atoms with van der Waals surface area (Å²) in [5.74, 6) is 1.71. The quantitative estimate of drug-likeness (QED) is 0.648. The molecule has 76 valence electrons. The fourth-order valence-electron chi connectivity index (χ4n) is 4.10. The summed E-state index contributed by atoms with van der Waals surface area (Å²) in [7, 11) is 1.50. The van der Waals surface area contributed by atoms with Crippen molar-refractivity contribution < 1.29 is 9.53 Å². The van der Waals surface area contributed by atoms with Crippen LogP contribution in [0.15, 0.2) is 24.3 Å². The predicted octanol–water partition coefficient (Wildman–Crippen LogP) is 2.06. The highest BCUT2D eigenvalue weighted by Crippen LogP contribution is 2.86. The topological polar surface area (TPSA) is 26.3 Å². The number of carbonyl (C=O) groups is 1. The molecule has 0 aromatic heterocycles. The average molecular weight is 200 g/mol. The highest BCUT2D eigenvalue weighted by Gasteiger charge is 2.83. The lowest BCUT2D eigenvalue weighted by molar-refractivity contribution is -0.151. The van der Waals surface area contributed by atoms with Crippen molar-refractivity contribution in [3.63, 3.8) is 0 Å². The van der Waals surface area contributed by atoms with E-state index >= 15 is 0 Å². The molecule has 0 amide bonds. The molecule has 15 heavy (non-hydrogen) atoms. The van der Waals surface area contributed by atoms with Gasteiger partial charge in [0.05, 0.1) is 12.5 Å². The van der Waals surface area contributed by atoms with Crippen LogP contribution in [-0.4, -0.2) is 13.1 Å². The summed E-state index contributed by atoms with van der Waals surface area (Å²) in [4.78, 5) is 11.7. The molecule has 1 aromatic carbocycles. The second-order valence-electron chi connectivity index (χ2n) is 4.97. The van der Waals surface area contributed by atoms with Crippen LogP contribution in [0.5, 0.6) is 0 Å². The van der Waals surface area contributed by atoms with E-state index in [1.165, 1.54) is 18.2 Å². The fraction of sp³-hybridized carbons (Fsp3) is 0.462. The van der Waals surface area contributed by atoms with Gasteiger partial charge in [0.25, 0.3) is 0 Å². The molecule has 0 spiro atoms. The van der Waals surface area contributed by atoms with E-state index in [9.17, 15) is 4.79 Å². The van der Waals surface area contributed by atoms with Crippen molar-refractivity contribution in [2.75, 3.05) is 7.11 Å². The largest absolute Gasteiger partial charge is 0.469 e. The molecule has 2 nitrogen and oxygen atoms in total. The van der Waals surface area contributed by atoms with Gasteiger partial charge in [0, 0.05) is 5.92 Å². The Kier molecular flexibility index (Phi) is 1.11. The number of methoxy groups -OCH3 is 1. The Balaban J connectivity index is 1.82. The van der Waals surface area contributed by atoms with Gasteiger partial charge in [-0.15, -0.1) is 0 Å². The summed E-state index contributed by atoms with van der Waals surface area (Å²) in [6, 6.07) is 8.57. The lowest BCUT2D eigenvalue weighted by Crippen LogP contribution is -2.34. The minimum Gasteiger partial charge on any atom is -0.469 e. The molecular formula is C13H12O2. The molecule has 2 fully saturated rings. The molecule has 2 heteroatoms. The van der Waals surface area contributed by atoms with Crippen LogP contribution in [0.3, 0.4) is 0 Å². The summed E-state index contributed by atoms with van der Waals surface area (Å²) in [6.07, 6.45) is 1.02. The van der Waals surface area contributed by atoms with E-state index in [2.05, 4.69) is 24.3 Å². The third-order valence-corrected chi connectivity index (χ3v) is 4.69. The maximum Gasteiger partial charge on any atom is 0.312 e. The van der Waals surface area contributed by atoms with Crippen molar-refractivity contribution in [2.45, 2.75) is 18.3 Å². The molecule has 0 N–H and O–H groups in total. The first kappa shape index (κ1) is 7.91. The minimum absolute atomic E-state index is 0.0169. The first-order valence-electron chi connectivity index (χ1n) is 5.48. The summed E-state index contributed by atoms with van der Waals surface area (Å²) in [5.41, 5.74) is 2.79. The van der Waals surface area contributed by atoms with Crippen LogP contribution >= 0.6 is 0 Å². The normalized spacial score (nSPS) is 42.6. The van der Waals surface area contributed by atoms with Crippen molar-refractivity contribution in [1.29, 1.82) is 0 Å². The molecule has 4 rings (SSSR count). The van der Waals surface area contributed by atoms with Crippen molar-refractivity contribution >= 4 is 5.97 Å². The van der Waals surface area contributed by atoms with E-state index in [1.54, 1.807) is 0 Å². The van der Waals surface area contributed by atoms with Gasteiger partial charge < -0.3 is 4.74 Å². The van der Waals surface area contributed by atoms with Crippen molar-refractivity contribution in [3.05, 3.63) is 35.4 Å². The second kappa shape index (κ2) is 2.11.